The van der Waals surface area contributed by atoms with Crippen LogP contribution in [-0.4, -0.2) is 50.9 Å². The number of urea groups is 1. The fraction of sp³-hybridized carbons (Fsp3) is 0.600. The molecule has 0 spiro atoms. The first-order chi connectivity index (χ1) is 11.0. The molecule has 1 saturated heterocycles. The molecule has 1 aromatic rings. The van der Waals surface area contributed by atoms with E-state index < -0.39 is 11.6 Å². The van der Waals surface area contributed by atoms with Crippen LogP contribution >= 0.6 is 0 Å². The van der Waals surface area contributed by atoms with Crippen LogP contribution in [0.25, 0.3) is 0 Å². The number of nitrogens with one attached hydrogen (secondary N) is 2. The zero-order valence-corrected chi connectivity index (χ0v) is 13.5. The van der Waals surface area contributed by atoms with E-state index in [1.54, 1.807) is 12.5 Å². The topological polar surface area (TPSA) is 96.3 Å². The van der Waals surface area contributed by atoms with Crippen LogP contribution in [-0.2, 0) is 16.1 Å². The van der Waals surface area contributed by atoms with E-state index in [1.807, 2.05) is 24.6 Å². The van der Waals surface area contributed by atoms with E-state index in [0.717, 1.165) is 17.9 Å². The van der Waals surface area contributed by atoms with E-state index >= 15 is 0 Å². The van der Waals surface area contributed by atoms with Crippen molar-refractivity contribution in [1.82, 2.24) is 25.1 Å². The Balaban J connectivity index is 1.78. The zero-order valence-electron chi connectivity index (χ0n) is 13.5. The van der Waals surface area contributed by atoms with E-state index in [4.69, 9.17) is 0 Å². The lowest BCUT2D eigenvalue weighted by Gasteiger charge is -2.23. The number of nitrogens with zero attached hydrogens (tertiary/aromatic N) is 3. The van der Waals surface area contributed by atoms with Gasteiger partial charge in [-0.3, -0.25) is 14.5 Å². The van der Waals surface area contributed by atoms with E-state index in [2.05, 4.69) is 15.6 Å². The van der Waals surface area contributed by atoms with Gasteiger partial charge in [-0.15, -0.1) is 0 Å². The Morgan fingerprint density at radius 3 is 2.65 bits per heavy atom. The summed E-state index contributed by atoms with van der Waals surface area (Å²) >= 11 is 0. The summed E-state index contributed by atoms with van der Waals surface area (Å²) in [6, 6.07) is -0.493. The Hall–Kier alpha value is -2.38. The second kappa shape index (κ2) is 7.26. The molecule has 0 aliphatic carbocycles. The summed E-state index contributed by atoms with van der Waals surface area (Å²) in [4.78, 5) is 41.2. The van der Waals surface area contributed by atoms with E-state index in [0.29, 0.717) is 19.4 Å². The van der Waals surface area contributed by atoms with Gasteiger partial charge < -0.3 is 15.2 Å². The molecule has 2 rings (SSSR count). The summed E-state index contributed by atoms with van der Waals surface area (Å²) in [5, 5.41) is 5.43. The van der Waals surface area contributed by atoms with Crippen molar-refractivity contribution in [3.63, 3.8) is 0 Å². The van der Waals surface area contributed by atoms with Crippen molar-refractivity contribution in [1.29, 1.82) is 0 Å². The minimum absolute atomic E-state index is 0.239. The molecule has 1 fully saturated rings. The maximum absolute atomic E-state index is 12.4. The largest absolute Gasteiger partial charge is 0.354 e. The molecular formula is C15H23N5O3. The number of hydrogen-bond donors (Lipinski definition) is 2. The molecule has 2 heterocycles. The van der Waals surface area contributed by atoms with Crippen molar-refractivity contribution in [2.45, 2.75) is 45.2 Å². The standard InChI is InChI=1S/C15H23N5O3/c1-3-15(4-2)13(22)20(14(23)18-15)10-12(21)17-6-5-8-19-9-7-16-11-19/h7,9,11H,3-6,8,10H2,1-2H3,(H,17,21)(H,18,23). The third-order valence-corrected chi connectivity index (χ3v) is 4.23. The van der Waals surface area contributed by atoms with Crippen molar-refractivity contribution >= 4 is 17.8 Å². The minimum Gasteiger partial charge on any atom is -0.354 e. The van der Waals surface area contributed by atoms with Crippen LogP contribution in [0.1, 0.15) is 33.1 Å². The van der Waals surface area contributed by atoms with Crippen LogP contribution in [0, 0.1) is 0 Å². The van der Waals surface area contributed by atoms with Gasteiger partial charge in [-0.25, -0.2) is 9.78 Å². The van der Waals surface area contributed by atoms with Crippen LogP contribution in [0.5, 0.6) is 0 Å². The lowest BCUT2D eigenvalue weighted by molar-refractivity contribution is -0.135. The summed E-state index contributed by atoms with van der Waals surface area (Å²) < 4.78 is 1.92. The number of aryl methyl sites for hydroxylation is 1. The van der Waals surface area contributed by atoms with E-state index in [1.165, 1.54) is 0 Å². The van der Waals surface area contributed by atoms with Gasteiger partial charge in [0, 0.05) is 25.5 Å². The molecule has 0 radical (unpaired) electrons. The SMILES string of the molecule is CCC1(CC)NC(=O)N(CC(=O)NCCCn2ccnc2)C1=O. The second-order valence-corrected chi connectivity index (χ2v) is 5.61. The Labute approximate surface area is 135 Å². The van der Waals surface area contributed by atoms with Gasteiger partial charge in [-0.1, -0.05) is 13.8 Å². The summed E-state index contributed by atoms with van der Waals surface area (Å²) in [6.07, 6.45) is 7.03. The second-order valence-electron chi connectivity index (χ2n) is 5.61. The monoisotopic (exact) mass is 321 g/mol. The molecular weight excluding hydrogens is 298 g/mol. The third kappa shape index (κ3) is 3.69. The van der Waals surface area contributed by atoms with E-state index in [-0.39, 0.29) is 18.4 Å². The molecule has 23 heavy (non-hydrogen) atoms. The number of amides is 4. The normalized spacial score (nSPS) is 16.5. The molecule has 126 valence electrons. The van der Waals surface area contributed by atoms with Crippen LogP contribution < -0.4 is 10.6 Å². The Kier molecular flexibility index (Phi) is 5.36. The Morgan fingerprint density at radius 2 is 2.09 bits per heavy atom. The number of carbonyl (C=O) groups excluding carboxylic acids is 3. The Bertz CT molecular complexity index is 566. The van der Waals surface area contributed by atoms with Gasteiger partial charge in [-0.2, -0.15) is 0 Å². The predicted molar refractivity (Wildman–Crippen MR) is 83.4 cm³/mol. The fourth-order valence-electron chi connectivity index (χ4n) is 2.66. The van der Waals surface area contributed by atoms with Gasteiger partial charge in [0.2, 0.25) is 5.91 Å². The fourth-order valence-corrected chi connectivity index (χ4v) is 2.66. The molecule has 8 nitrogen and oxygen atoms in total. The molecule has 1 aliphatic rings. The highest BCUT2D eigenvalue weighted by Gasteiger charge is 2.49. The summed E-state index contributed by atoms with van der Waals surface area (Å²) in [5.41, 5.74) is -0.862. The number of hydrogen-bond acceptors (Lipinski definition) is 4. The molecule has 0 saturated carbocycles. The number of rotatable bonds is 8. The van der Waals surface area contributed by atoms with Crippen LogP contribution in [0.4, 0.5) is 4.79 Å². The first-order valence-corrected chi connectivity index (χ1v) is 7.89. The van der Waals surface area contributed by atoms with Crippen molar-refractivity contribution in [2.24, 2.45) is 0 Å². The van der Waals surface area contributed by atoms with E-state index in [9.17, 15) is 14.4 Å². The molecule has 0 atom stereocenters. The van der Waals surface area contributed by atoms with Crippen molar-refractivity contribution in [2.75, 3.05) is 13.1 Å². The van der Waals surface area contributed by atoms with Crippen molar-refractivity contribution in [3.8, 4) is 0 Å². The molecule has 1 aliphatic heterocycles. The quantitative estimate of drug-likeness (QED) is 0.538. The predicted octanol–water partition coefficient (Wildman–Crippen LogP) is 0.500. The number of imidazole rings is 1. The maximum atomic E-state index is 12.4. The van der Waals surface area contributed by atoms with Crippen molar-refractivity contribution < 1.29 is 14.4 Å². The zero-order chi connectivity index (χ0) is 16.9. The highest BCUT2D eigenvalue weighted by Crippen LogP contribution is 2.24. The van der Waals surface area contributed by atoms with Gasteiger partial charge in [-0.05, 0) is 19.3 Å². The van der Waals surface area contributed by atoms with Crippen LogP contribution in [0.2, 0.25) is 0 Å². The molecule has 4 amide bonds. The summed E-state index contributed by atoms with van der Waals surface area (Å²) in [5.74, 6) is -0.650. The van der Waals surface area contributed by atoms with Crippen LogP contribution in [0.15, 0.2) is 18.7 Å². The molecule has 0 aromatic carbocycles. The lowest BCUT2D eigenvalue weighted by atomic mass is 9.93. The highest BCUT2D eigenvalue weighted by molar-refractivity contribution is 6.08. The third-order valence-electron chi connectivity index (χ3n) is 4.23. The smallest absolute Gasteiger partial charge is 0.325 e. The maximum Gasteiger partial charge on any atom is 0.325 e. The van der Waals surface area contributed by atoms with Gasteiger partial charge >= 0.3 is 6.03 Å². The van der Waals surface area contributed by atoms with Gasteiger partial charge in [0.25, 0.3) is 5.91 Å². The summed E-state index contributed by atoms with van der Waals surface area (Å²) in [6.45, 7) is 4.69. The first-order valence-electron chi connectivity index (χ1n) is 7.89. The van der Waals surface area contributed by atoms with Gasteiger partial charge in [0.1, 0.15) is 12.1 Å². The highest BCUT2D eigenvalue weighted by atomic mass is 16.2. The minimum atomic E-state index is -0.862. The molecule has 2 N–H and O–H groups in total. The lowest BCUT2D eigenvalue weighted by Crippen LogP contribution is -2.46. The average molecular weight is 321 g/mol. The molecule has 0 bridgehead atoms. The average Bonchev–Trinajstić information content (AvgIpc) is 3.14. The van der Waals surface area contributed by atoms with Gasteiger partial charge in [0.05, 0.1) is 6.33 Å². The van der Waals surface area contributed by atoms with Gasteiger partial charge in [0.15, 0.2) is 0 Å². The Morgan fingerprint density at radius 1 is 1.35 bits per heavy atom. The molecule has 0 unspecified atom stereocenters. The number of carbonyl (C=O) groups is 3. The first kappa shape index (κ1) is 17.0. The number of aromatic nitrogens is 2. The molecule has 1 aromatic heterocycles. The van der Waals surface area contributed by atoms with Crippen molar-refractivity contribution in [3.05, 3.63) is 18.7 Å². The summed E-state index contributed by atoms with van der Waals surface area (Å²) in [7, 11) is 0. The molecule has 8 heteroatoms. The number of imide groups is 1. The van der Waals surface area contributed by atoms with Crippen LogP contribution in [0.3, 0.4) is 0 Å².